The molecule has 2 aromatic rings. The Bertz CT molecular complexity index is 1370. The number of phenolic OH excluding ortho intramolecular Hbond substituents is 2. The fourth-order valence-electron chi connectivity index (χ4n) is 5.66. The number of methoxy groups -OCH3 is 1. The normalized spacial score (nSPS) is 29.5. The number of benzene rings is 2. The summed E-state index contributed by atoms with van der Waals surface area (Å²) in [7, 11) is 1.34. The van der Waals surface area contributed by atoms with Crippen LogP contribution in [0, 0.1) is 0 Å². The van der Waals surface area contributed by atoms with E-state index in [0.29, 0.717) is 0 Å². The van der Waals surface area contributed by atoms with Crippen molar-refractivity contribution in [1.82, 2.24) is 0 Å². The molecule has 6 N–H and O–H groups in total. The van der Waals surface area contributed by atoms with E-state index < -0.39 is 82.6 Å². The van der Waals surface area contributed by atoms with Gasteiger partial charge in [-0.15, -0.1) is 12.4 Å². The number of aromatic hydroxyl groups is 2. The van der Waals surface area contributed by atoms with E-state index in [1.807, 2.05) is 0 Å². The molecule has 0 unspecified atom stereocenters. The van der Waals surface area contributed by atoms with Crippen LogP contribution in [0.25, 0.3) is 0 Å². The van der Waals surface area contributed by atoms with Gasteiger partial charge in [-0.25, -0.2) is 0 Å². The first-order valence-corrected chi connectivity index (χ1v) is 12.2. The lowest BCUT2D eigenvalue weighted by Crippen LogP contribution is -2.52. The molecule has 1 heterocycles. The van der Waals surface area contributed by atoms with Gasteiger partial charge in [0.15, 0.2) is 17.9 Å². The van der Waals surface area contributed by atoms with E-state index in [2.05, 4.69) is 0 Å². The molecular weight excluding hydrogens is 534 g/mol. The summed E-state index contributed by atoms with van der Waals surface area (Å²) in [6.45, 7) is 2.79. The maximum absolute atomic E-state index is 13.6. The highest BCUT2D eigenvalue weighted by atomic mass is 35.5. The molecule has 12 heteroatoms. The van der Waals surface area contributed by atoms with Crippen LogP contribution >= 0.6 is 12.4 Å². The molecule has 210 valence electrons. The third kappa shape index (κ3) is 4.39. The molecule has 39 heavy (non-hydrogen) atoms. The summed E-state index contributed by atoms with van der Waals surface area (Å²) in [5.41, 5.74) is 2.97. The molecule has 0 amide bonds. The lowest BCUT2D eigenvalue weighted by molar-refractivity contribution is -0.247. The third-order valence-electron chi connectivity index (χ3n) is 7.80. The lowest BCUT2D eigenvalue weighted by atomic mass is 9.72. The quantitative estimate of drug-likeness (QED) is 0.289. The number of nitrogens with two attached hydrogens (primary N) is 1. The number of carbonyl (C=O) groups is 3. The van der Waals surface area contributed by atoms with Gasteiger partial charge < -0.3 is 40.4 Å². The third-order valence-corrected chi connectivity index (χ3v) is 7.80. The van der Waals surface area contributed by atoms with E-state index in [-0.39, 0.29) is 53.3 Å². The minimum Gasteiger partial charge on any atom is -0.507 e. The Balaban J connectivity index is 0.00000353. The van der Waals surface area contributed by atoms with Crippen LogP contribution in [0.4, 0.5) is 0 Å². The van der Waals surface area contributed by atoms with E-state index in [1.165, 1.54) is 32.2 Å². The van der Waals surface area contributed by atoms with Crippen LogP contribution in [-0.4, -0.2) is 75.0 Å². The van der Waals surface area contributed by atoms with Crippen LogP contribution in [0.2, 0.25) is 0 Å². The second kappa shape index (κ2) is 10.2. The summed E-state index contributed by atoms with van der Waals surface area (Å²) in [6, 6.07) is 3.75. The zero-order valence-electron chi connectivity index (χ0n) is 21.5. The number of halogens is 1. The van der Waals surface area contributed by atoms with Crippen molar-refractivity contribution in [3.8, 4) is 17.2 Å². The van der Waals surface area contributed by atoms with Crippen molar-refractivity contribution in [1.29, 1.82) is 0 Å². The summed E-state index contributed by atoms with van der Waals surface area (Å²) >= 11 is 0. The molecule has 0 bridgehead atoms. The second-order valence-corrected chi connectivity index (χ2v) is 10.1. The van der Waals surface area contributed by atoms with E-state index in [1.54, 1.807) is 6.92 Å². The number of aliphatic hydroxyl groups excluding tert-OH is 1. The zero-order valence-corrected chi connectivity index (χ0v) is 22.3. The molecule has 2 aromatic carbocycles. The van der Waals surface area contributed by atoms with Crippen molar-refractivity contribution in [2.24, 2.45) is 5.73 Å². The monoisotopic (exact) mass is 563 g/mol. The number of aliphatic hydroxyl groups is 2. The zero-order chi connectivity index (χ0) is 27.7. The molecule has 0 spiro atoms. The largest absolute Gasteiger partial charge is 0.507 e. The summed E-state index contributed by atoms with van der Waals surface area (Å²) < 4.78 is 17.1. The predicted octanol–water partition coefficient (Wildman–Crippen LogP) is 1.45. The molecule has 0 aromatic heterocycles. The van der Waals surface area contributed by atoms with E-state index in [4.69, 9.17) is 19.9 Å². The van der Waals surface area contributed by atoms with Crippen LogP contribution in [-0.2, 0) is 20.7 Å². The number of carbonyl (C=O) groups excluding carboxylic acids is 3. The number of ether oxygens (including phenoxy) is 3. The minimum atomic E-state index is -2.00. The molecule has 1 aliphatic heterocycles. The van der Waals surface area contributed by atoms with Crippen LogP contribution in [0.1, 0.15) is 75.8 Å². The summed E-state index contributed by atoms with van der Waals surface area (Å²) in [6.07, 6.45) is -4.53. The molecule has 1 fully saturated rings. The van der Waals surface area contributed by atoms with Crippen molar-refractivity contribution >= 4 is 29.8 Å². The fourth-order valence-corrected chi connectivity index (χ4v) is 5.66. The van der Waals surface area contributed by atoms with E-state index in [9.17, 15) is 34.8 Å². The summed E-state index contributed by atoms with van der Waals surface area (Å²) in [4.78, 5) is 39.6. The molecule has 5 rings (SSSR count). The maximum atomic E-state index is 13.6. The molecular formula is C27H30ClNO10. The number of fused-ring (bicyclic) bond motifs is 3. The average Bonchev–Trinajstić information content (AvgIpc) is 2.87. The molecule has 0 saturated carbocycles. The molecule has 3 aliphatic rings. The minimum absolute atomic E-state index is 0. The first-order chi connectivity index (χ1) is 17.9. The van der Waals surface area contributed by atoms with Gasteiger partial charge in [-0.05, 0) is 19.9 Å². The molecule has 11 nitrogen and oxygen atoms in total. The van der Waals surface area contributed by atoms with Crippen molar-refractivity contribution in [3.05, 3.63) is 51.6 Å². The number of rotatable bonds is 4. The molecule has 1 saturated heterocycles. The van der Waals surface area contributed by atoms with E-state index in [0.717, 1.165) is 0 Å². The Labute approximate surface area is 229 Å². The topological polar surface area (TPSA) is 186 Å². The van der Waals surface area contributed by atoms with Gasteiger partial charge in [0.2, 0.25) is 5.78 Å². The van der Waals surface area contributed by atoms with Gasteiger partial charge in [0.1, 0.15) is 22.8 Å². The van der Waals surface area contributed by atoms with Crippen molar-refractivity contribution in [2.75, 3.05) is 7.11 Å². The summed E-state index contributed by atoms with van der Waals surface area (Å²) in [5.74, 6) is -3.18. The highest BCUT2D eigenvalue weighted by Crippen LogP contribution is 2.52. The van der Waals surface area contributed by atoms with Crippen LogP contribution in [0.15, 0.2) is 18.2 Å². The fraction of sp³-hybridized carbons (Fsp3) is 0.444. The highest BCUT2D eigenvalue weighted by molar-refractivity contribution is 6.31. The Kier molecular flexibility index (Phi) is 7.54. The SMILES string of the molecule is COc1cccc2c1C(=O)c1c(O)c3c(c(O)c1C2=O)C[C@@](O)(C(C)=O)C[C@@H]3O[C@@H]1C[C@H](N)[C@H](O)[C@H](C)O1.Cl. The Morgan fingerprint density at radius 3 is 2.41 bits per heavy atom. The lowest BCUT2D eigenvalue weighted by Gasteiger charge is -2.42. The second-order valence-electron chi connectivity index (χ2n) is 10.1. The predicted molar refractivity (Wildman–Crippen MR) is 138 cm³/mol. The van der Waals surface area contributed by atoms with Crippen molar-refractivity contribution in [2.45, 2.75) is 69.4 Å². The van der Waals surface area contributed by atoms with Crippen LogP contribution in [0.5, 0.6) is 17.2 Å². The number of hydrogen-bond donors (Lipinski definition) is 5. The number of ketones is 3. The van der Waals surface area contributed by atoms with Crippen molar-refractivity contribution in [3.63, 3.8) is 0 Å². The van der Waals surface area contributed by atoms with E-state index >= 15 is 0 Å². The number of hydrogen-bond acceptors (Lipinski definition) is 11. The van der Waals surface area contributed by atoms with Gasteiger partial charge in [0, 0.05) is 42.0 Å². The first kappa shape index (κ1) is 28.9. The standard InChI is InChI=1S/C27H29NO10.ClH/c1-10-22(30)14(28)7-17(37-10)38-16-9-27(35,11(2)29)8-13-19(16)26(34)21-20(24(13)32)23(31)12-5-4-6-15(36-3)18(12)25(21)33;/h4-6,10,14,16-17,22,30,32,34-35H,7-9,28H2,1-3H3;1H/t10-,14-,16-,17+,22+,27-;/m0./s1. The van der Waals surface area contributed by atoms with Gasteiger partial charge in [-0.1, -0.05) is 12.1 Å². The van der Waals surface area contributed by atoms with Gasteiger partial charge in [-0.3, -0.25) is 14.4 Å². The Morgan fingerprint density at radius 2 is 1.79 bits per heavy atom. The molecule has 0 radical (unpaired) electrons. The molecule has 6 atom stereocenters. The smallest absolute Gasteiger partial charge is 0.202 e. The van der Waals surface area contributed by atoms with Gasteiger partial charge in [0.25, 0.3) is 0 Å². The van der Waals surface area contributed by atoms with Crippen LogP contribution in [0.3, 0.4) is 0 Å². The van der Waals surface area contributed by atoms with Gasteiger partial charge >= 0.3 is 0 Å². The first-order valence-electron chi connectivity index (χ1n) is 12.2. The van der Waals surface area contributed by atoms with Crippen molar-refractivity contribution < 1.29 is 49.0 Å². The number of phenols is 2. The van der Waals surface area contributed by atoms with Crippen LogP contribution < -0.4 is 10.5 Å². The molecule has 2 aliphatic carbocycles. The van der Waals surface area contributed by atoms with Gasteiger partial charge in [-0.2, -0.15) is 0 Å². The Morgan fingerprint density at radius 1 is 1.13 bits per heavy atom. The average molecular weight is 564 g/mol. The summed E-state index contributed by atoms with van der Waals surface area (Å²) in [5, 5.41) is 44.1. The Hall–Kier alpha value is -3.06. The number of Topliss-reactive ketones (excluding diaryl/α,β-unsaturated/α-hetero) is 1. The highest BCUT2D eigenvalue weighted by Gasteiger charge is 2.49. The maximum Gasteiger partial charge on any atom is 0.202 e. The van der Waals surface area contributed by atoms with Gasteiger partial charge in [0.05, 0.1) is 42.1 Å².